The first kappa shape index (κ1) is 13.3. The maximum atomic E-state index is 13.3. The van der Waals surface area contributed by atoms with Crippen LogP contribution in [0.15, 0.2) is 35.0 Å². The minimum absolute atomic E-state index is 0.0779. The first-order valence-corrected chi connectivity index (χ1v) is 6.05. The molecule has 0 bridgehead atoms. The number of benzene rings is 1. The molecule has 0 radical (unpaired) electrons. The van der Waals surface area contributed by atoms with Crippen LogP contribution in [-0.2, 0) is 11.3 Å². The lowest BCUT2D eigenvalue weighted by Crippen LogP contribution is -1.99. The summed E-state index contributed by atoms with van der Waals surface area (Å²) in [6.07, 6.45) is 1.45. The predicted molar refractivity (Wildman–Crippen MR) is 68.8 cm³/mol. The van der Waals surface area contributed by atoms with Gasteiger partial charge < -0.3 is 13.7 Å². The number of methoxy groups -OCH3 is 1. The highest BCUT2D eigenvalue weighted by Gasteiger charge is 2.13. The van der Waals surface area contributed by atoms with Gasteiger partial charge >= 0.3 is 5.97 Å². The van der Waals surface area contributed by atoms with Crippen LogP contribution in [-0.4, -0.2) is 22.6 Å². The number of rotatable bonds is 3. The van der Waals surface area contributed by atoms with Gasteiger partial charge in [0.1, 0.15) is 5.76 Å². The maximum absolute atomic E-state index is 13.3. The van der Waals surface area contributed by atoms with Crippen LogP contribution >= 0.6 is 0 Å². The van der Waals surface area contributed by atoms with Gasteiger partial charge in [0.2, 0.25) is 5.76 Å². The van der Waals surface area contributed by atoms with Gasteiger partial charge in [-0.1, -0.05) is 0 Å². The van der Waals surface area contributed by atoms with Crippen molar-refractivity contribution >= 4 is 17.0 Å². The molecule has 7 heteroatoms. The zero-order valence-corrected chi connectivity index (χ0v) is 11.0. The fourth-order valence-corrected chi connectivity index (χ4v) is 2.02. The molecule has 108 valence electrons. The average molecular weight is 292 g/mol. The summed E-state index contributed by atoms with van der Waals surface area (Å²) >= 11 is 0. The van der Waals surface area contributed by atoms with Gasteiger partial charge in [-0.15, -0.1) is 0 Å². The SMILES string of the molecule is COC(=O)c1ccc(Cn2cnc3cc(F)c(F)cc32)o1. The third kappa shape index (κ3) is 2.37. The number of halogens is 2. The Balaban J connectivity index is 1.93. The van der Waals surface area contributed by atoms with Crippen LogP contribution in [0.2, 0.25) is 0 Å². The molecule has 0 fully saturated rings. The van der Waals surface area contributed by atoms with E-state index >= 15 is 0 Å². The molecule has 0 unspecified atom stereocenters. The number of furan rings is 1. The molecule has 0 aliphatic rings. The zero-order valence-electron chi connectivity index (χ0n) is 11.0. The first-order valence-electron chi connectivity index (χ1n) is 6.05. The first-order chi connectivity index (χ1) is 10.1. The molecule has 0 saturated heterocycles. The molecule has 0 saturated carbocycles. The summed E-state index contributed by atoms with van der Waals surface area (Å²) in [5.41, 5.74) is 0.776. The Labute approximate surface area is 117 Å². The zero-order chi connectivity index (χ0) is 15.0. The lowest BCUT2D eigenvalue weighted by atomic mass is 10.3. The molecular weight excluding hydrogens is 282 g/mol. The Bertz CT molecular complexity index is 823. The van der Waals surface area contributed by atoms with Gasteiger partial charge in [-0.25, -0.2) is 18.6 Å². The summed E-state index contributed by atoms with van der Waals surface area (Å²) in [4.78, 5) is 15.3. The number of ether oxygens (including phenoxy) is 1. The van der Waals surface area contributed by atoms with Crippen molar-refractivity contribution in [3.8, 4) is 0 Å². The fraction of sp³-hybridized carbons (Fsp3) is 0.143. The van der Waals surface area contributed by atoms with E-state index < -0.39 is 17.6 Å². The molecule has 5 nitrogen and oxygen atoms in total. The van der Waals surface area contributed by atoms with Gasteiger partial charge in [0.05, 0.1) is 31.0 Å². The molecule has 3 rings (SSSR count). The van der Waals surface area contributed by atoms with Crippen LogP contribution in [0.3, 0.4) is 0 Å². The van der Waals surface area contributed by atoms with E-state index in [1.165, 1.54) is 19.5 Å². The van der Waals surface area contributed by atoms with Crippen LogP contribution in [0.4, 0.5) is 8.78 Å². The van der Waals surface area contributed by atoms with E-state index in [-0.39, 0.29) is 12.3 Å². The molecule has 0 amide bonds. The summed E-state index contributed by atoms with van der Waals surface area (Å²) in [6, 6.07) is 5.20. The lowest BCUT2D eigenvalue weighted by molar-refractivity contribution is 0.0563. The van der Waals surface area contributed by atoms with E-state index in [2.05, 4.69) is 9.72 Å². The van der Waals surface area contributed by atoms with Gasteiger partial charge in [0.25, 0.3) is 0 Å². The van der Waals surface area contributed by atoms with Gasteiger partial charge in [0.15, 0.2) is 11.6 Å². The number of carbonyl (C=O) groups is 1. The van der Waals surface area contributed by atoms with Crippen molar-refractivity contribution in [3.05, 3.63) is 53.7 Å². The van der Waals surface area contributed by atoms with E-state index in [1.807, 2.05) is 0 Å². The van der Waals surface area contributed by atoms with Crippen LogP contribution in [0, 0.1) is 11.6 Å². The highest BCUT2D eigenvalue weighted by atomic mass is 19.2. The second kappa shape index (κ2) is 5.01. The van der Waals surface area contributed by atoms with Crippen molar-refractivity contribution in [2.75, 3.05) is 7.11 Å². The molecular formula is C14H10F2N2O3. The van der Waals surface area contributed by atoms with Crippen LogP contribution in [0.1, 0.15) is 16.3 Å². The molecule has 21 heavy (non-hydrogen) atoms. The number of aromatic nitrogens is 2. The fourth-order valence-electron chi connectivity index (χ4n) is 2.02. The van der Waals surface area contributed by atoms with Crippen molar-refractivity contribution in [3.63, 3.8) is 0 Å². The normalized spacial score (nSPS) is 11.0. The third-order valence-electron chi connectivity index (χ3n) is 3.04. The Hall–Kier alpha value is -2.70. The minimum Gasteiger partial charge on any atom is -0.463 e. The Kier molecular flexibility index (Phi) is 3.17. The number of hydrogen-bond donors (Lipinski definition) is 0. The maximum Gasteiger partial charge on any atom is 0.373 e. The Morgan fingerprint density at radius 1 is 1.33 bits per heavy atom. The highest BCUT2D eigenvalue weighted by Crippen LogP contribution is 2.19. The lowest BCUT2D eigenvalue weighted by Gasteiger charge is -2.02. The number of hydrogen-bond acceptors (Lipinski definition) is 4. The number of imidazole rings is 1. The van der Waals surface area contributed by atoms with Crippen molar-refractivity contribution in [2.24, 2.45) is 0 Å². The smallest absolute Gasteiger partial charge is 0.373 e. The molecule has 2 aromatic heterocycles. The Morgan fingerprint density at radius 2 is 2.10 bits per heavy atom. The monoisotopic (exact) mass is 292 g/mol. The number of carbonyl (C=O) groups excluding carboxylic acids is 1. The van der Waals surface area contributed by atoms with Gasteiger partial charge in [-0.3, -0.25) is 0 Å². The summed E-state index contributed by atoms with van der Waals surface area (Å²) < 4.78 is 37.9. The molecule has 0 aliphatic carbocycles. The molecule has 2 heterocycles. The van der Waals surface area contributed by atoms with E-state index in [0.29, 0.717) is 16.8 Å². The van der Waals surface area contributed by atoms with E-state index in [0.717, 1.165) is 12.1 Å². The molecule has 1 aromatic carbocycles. The quantitative estimate of drug-likeness (QED) is 0.696. The van der Waals surface area contributed by atoms with Crippen molar-refractivity contribution in [1.29, 1.82) is 0 Å². The van der Waals surface area contributed by atoms with E-state index in [1.54, 1.807) is 10.6 Å². The molecule has 0 aliphatic heterocycles. The van der Waals surface area contributed by atoms with Gasteiger partial charge in [0, 0.05) is 12.1 Å². The van der Waals surface area contributed by atoms with E-state index in [4.69, 9.17) is 4.42 Å². The van der Waals surface area contributed by atoms with Gasteiger partial charge in [-0.2, -0.15) is 0 Å². The molecule has 0 atom stereocenters. The summed E-state index contributed by atoms with van der Waals surface area (Å²) in [7, 11) is 1.26. The second-order valence-electron chi connectivity index (χ2n) is 4.39. The number of fused-ring (bicyclic) bond motifs is 1. The summed E-state index contributed by atoms with van der Waals surface area (Å²) in [6.45, 7) is 0.235. The Morgan fingerprint density at radius 3 is 2.86 bits per heavy atom. The van der Waals surface area contributed by atoms with Crippen LogP contribution in [0.5, 0.6) is 0 Å². The number of nitrogens with zero attached hydrogens (tertiary/aromatic N) is 2. The summed E-state index contributed by atoms with van der Waals surface area (Å²) in [5, 5.41) is 0. The standard InChI is InChI=1S/C14H10F2N2O3/c1-20-14(19)13-3-2-8(21-13)6-18-7-17-11-4-9(15)10(16)5-12(11)18/h2-5,7H,6H2,1H3. The summed E-state index contributed by atoms with van der Waals surface area (Å²) in [5.74, 6) is -1.92. The van der Waals surface area contributed by atoms with Gasteiger partial charge in [-0.05, 0) is 12.1 Å². The predicted octanol–water partition coefficient (Wildman–Crippen LogP) is 2.74. The highest BCUT2D eigenvalue weighted by molar-refractivity contribution is 5.86. The van der Waals surface area contributed by atoms with Crippen LogP contribution in [0.25, 0.3) is 11.0 Å². The molecule has 0 spiro atoms. The number of esters is 1. The van der Waals surface area contributed by atoms with E-state index in [9.17, 15) is 13.6 Å². The topological polar surface area (TPSA) is 57.3 Å². The minimum atomic E-state index is -0.946. The van der Waals surface area contributed by atoms with Crippen LogP contribution < -0.4 is 0 Å². The third-order valence-corrected chi connectivity index (χ3v) is 3.04. The average Bonchev–Trinajstić information content (AvgIpc) is 3.08. The largest absolute Gasteiger partial charge is 0.463 e. The van der Waals surface area contributed by atoms with Crippen molar-refractivity contribution in [1.82, 2.24) is 9.55 Å². The van der Waals surface area contributed by atoms with Crippen molar-refractivity contribution < 1.29 is 22.7 Å². The molecule has 3 aromatic rings. The van der Waals surface area contributed by atoms with Crippen molar-refractivity contribution in [2.45, 2.75) is 6.54 Å². The molecule has 0 N–H and O–H groups in total. The second-order valence-corrected chi connectivity index (χ2v) is 4.39.